The number of nitrogens with zero attached hydrogens (tertiary/aromatic N) is 2. The van der Waals surface area contributed by atoms with Crippen molar-refractivity contribution in [3.63, 3.8) is 0 Å². The van der Waals surface area contributed by atoms with E-state index in [-0.39, 0.29) is 23.6 Å². The number of aromatic nitrogens is 2. The number of anilines is 2. The van der Waals surface area contributed by atoms with Gasteiger partial charge < -0.3 is 15.2 Å². The van der Waals surface area contributed by atoms with Gasteiger partial charge in [0.25, 0.3) is 0 Å². The van der Waals surface area contributed by atoms with E-state index in [1.165, 1.54) is 12.1 Å². The lowest BCUT2D eigenvalue weighted by Gasteiger charge is -2.17. The second kappa shape index (κ2) is 9.74. The van der Waals surface area contributed by atoms with Gasteiger partial charge in [0.2, 0.25) is 0 Å². The Morgan fingerprint density at radius 2 is 1.55 bits per heavy atom. The summed E-state index contributed by atoms with van der Waals surface area (Å²) >= 11 is 0. The molecular weight excluding hydrogens is 418 g/mol. The van der Waals surface area contributed by atoms with Crippen molar-refractivity contribution >= 4 is 23.4 Å². The summed E-state index contributed by atoms with van der Waals surface area (Å²) in [6, 6.07) is 25.1. The third-order valence-corrected chi connectivity index (χ3v) is 4.94. The van der Waals surface area contributed by atoms with Gasteiger partial charge in [-0.05, 0) is 30.7 Å². The molecule has 4 rings (SSSR count). The van der Waals surface area contributed by atoms with E-state index < -0.39 is 11.9 Å². The lowest BCUT2D eigenvalue weighted by Crippen LogP contribution is -2.14. The van der Waals surface area contributed by atoms with Crippen LogP contribution in [0.25, 0.3) is 22.4 Å². The molecule has 1 aromatic heterocycles. The van der Waals surface area contributed by atoms with Crippen molar-refractivity contribution in [2.45, 2.75) is 6.92 Å². The van der Waals surface area contributed by atoms with E-state index in [1.807, 2.05) is 60.7 Å². The van der Waals surface area contributed by atoms with Crippen LogP contribution < -0.4 is 5.32 Å². The summed E-state index contributed by atoms with van der Waals surface area (Å²) in [5.41, 5.74) is 3.47. The predicted octanol–water partition coefficient (Wildman–Crippen LogP) is 5.43. The maximum atomic E-state index is 13.2. The van der Waals surface area contributed by atoms with E-state index in [0.29, 0.717) is 16.9 Å². The second-order valence-electron chi connectivity index (χ2n) is 7.11. The van der Waals surface area contributed by atoms with E-state index in [9.17, 15) is 14.7 Å². The number of hydrogen-bond acceptors (Lipinski definition) is 6. The Morgan fingerprint density at radius 1 is 0.879 bits per heavy atom. The van der Waals surface area contributed by atoms with Crippen LogP contribution >= 0.6 is 0 Å². The first-order chi connectivity index (χ1) is 16.1. The predicted molar refractivity (Wildman–Crippen MR) is 126 cm³/mol. The molecule has 4 aromatic rings. The molecule has 7 heteroatoms. The highest BCUT2D eigenvalue weighted by Crippen LogP contribution is 2.37. The van der Waals surface area contributed by atoms with Gasteiger partial charge in [-0.25, -0.2) is 9.59 Å². The maximum absolute atomic E-state index is 13.2. The zero-order valence-corrected chi connectivity index (χ0v) is 17.9. The highest BCUT2D eigenvalue weighted by molar-refractivity contribution is 6.05. The molecule has 0 unspecified atom stereocenters. The number of ether oxygens (including phenoxy) is 1. The van der Waals surface area contributed by atoms with Crippen molar-refractivity contribution in [3.8, 4) is 22.4 Å². The van der Waals surface area contributed by atoms with E-state index in [0.717, 1.165) is 11.1 Å². The zero-order valence-electron chi connectivity index (χ0n) is 17.9. The average molecular weight is 439 g/mol. The van der Waals surface area contributed by atoms with Crippen LogP contribution in [0, 0.1) is 0 Å². The molecule has 0 bridgehead atoms. The molecule has 33 heavy (non-hydrogen) atoms. The molecule has 2 N–H and O–H groups in total. The van der Waals surface area contributed by atoms with Crippen molar-refractivity contribution in [1.82, 2.24) is 10.2 Å². The SMILES string of the molecule is CCOC(=O)c1c(Nc2cccc(C(=O)O)c2)nnc(-c2ccccc2)c1-c1ccccc1. The minimum Gasteiger partial charge on any atom is -0.478 e. The normalized spacial score (nSPS) is 10.5. The number of hydrogen-bond donors (Lipinski definition) is 2. The maximum Gasteiger partial charge on any atom is 0.342 e. The summed E-state index contributed by atoms with van der Waals surface area (Å²) in [5.74, 6) is -1.44. The van der Waals surface area contributed by atoms with Crippen LogP contribution in [0.3, 0.4) is 0 Å². The number of carboxylic acids is 1. The van der Waals surface area contributed by atoms with Crippen molar-refractivity contribution in [1.29, 1.82) is 0 Å². The van der Waals surface area contributed by atoms with Crippen LogP contribution in [-0.4, -0.2) is 33.8 Å². The fourth-order valence-corrected chi connectivity index (χ4v) is 3.48. The largest absolute Gasteiger partial charge is 0.478 e. The first-order valence-electron chi connectivity index (χ1n) is 10.4. The Morgan fingerprint density at radius 3 is 2.18 bits per heavy atom. The third-order valence-electron chi connectivity index (χ3n) is 4.94. The molecule has 0 saturated carbocycles. The fourth-order valence-electron chi connectivity index (χ4n) is 3.48. The topological polar surface area (TPSA) is 101 Å². The van der Waals surface area contributed by atoms with E-state index in [4.69, 9.17) is 4.74 Å². The van der Waals surface area contributed by atoms with Gasteiger partial charge in [0.15, 0.2) is 5.82 Å². The molecule has 164 valence electrons. The Hall–Kier alpha value is -4.52. The molecular formula is C26H21N3O4. The van der Waals surface area contributed by atoms with Crippen molar-refractivity contribution < 1.29 is 19.4 Å². The lowest BCUT2D eigenvalue weighted by molar-refractivity contribution is 0.0527. The molecule has 1 heterocycles. The van der Waals surface area contributed by atoms with E-state index in [2.05, 4.69) is 15.5 Å². The molecule has 0 saturated heterocycles. The minimum atomic E-state index is -1.06. The summed E-state index contributed by atoms with van der Waals surface area (Å²) in [7, 11) is 0. The monoisotopic (exact) mass is 439 g/mol. The highest BCUT2D eigenvalue weighted by atomic mass is 16.5. The Balaban J connectivity index is 1.95. The molecule has 0 aliphatic heterocycles. The van der Waals surface area contributed by atoms with Crippen LogP contribution in [0.15, 0.2) is 84.9 Å². The molecule has 0 amide bonds. The Bertz CT molecular complexity index is 1290. The van der Waals surface area contributed by atoms with Gasteiger partial charge in [-0.1, -0.05) is 66.7 Å². The lowest BCUT2D eigenvalue weighted by atomic mass is 9.95. The number of carbonyl (C=O) groups excluding carboxylic acids is 1. The van der Waals surface area contributed by atoms with Crippen molar-refractivity contribution in [2.24, 2.45) is 0 Å². The fraction of sp³-hybridized carbons (Fsp3) is 0.0769. The van der Waals surface area contributed by atoms with E-state index in [1.54, 1.807) is 19.1 Å². The smallest absolute Gasteiger partial charge is 0.342 e. The summed E-state index contributed by atoms with van der Waals surface area (Å²) < 4.78 is 5.38. The number of aromatic carboxylic acids is 1. The van der Waals surface area contributed by atoms with Crippen molar-refractivity contribution in [3.05, 3.63) is 96.1 Å². The van der Waals surface area contributed by atoms with Gasteiger partial charge in [0.05, 0.1) is 12.2 Å². The van der Waals surface area contributed by atoms with Gasteiger partial charge in [0, 0.05) is 16.8 Å². The van der Waals surface area contributed by atoms with Gasteiger partial charge in [-0.15, -0.1) is 10.2 Å². The first kappa shape index (κ1) is 21.7. The van der Waals surface area contributed by atoms with Crippen LogP contribution in [0.5, 0.6) is 0 Å². The quantitative estimate of drug-likeness (QED) is 0.370. The van der Waals surface area contributed by atoms with Crippen LogP contribution in [0.2, 0.25) is 0 Å². The molecule has 0 radical (unpaired) electrons. The molecule has 7 nitrogen and oxygen atoms in total. The van der Waals surface area contributed by atoms with Gasteiger partial charge >= 0.3 is 11.9 Å². The summed E-state index contributed by atoms with van der Waals surface area (Å²) in [5, 5.41) is 21.1. The van der Waals surface area contributed by atoms with Crippen LogP contribution in [0.1, 0.15) is 27.6 Å². The summed E-state index contributed by atoms with van der Waals surface area (Å²) in [6.45, 7) is 1.92. The molecule has 0 atom stereocenters. The number of carbonyl (C=O) groups is 2. The highest BCUT2D eigenvalue weighted by Gasteiger charge is 2.26. The third kappa shape index (κ3) is 4.72. The molecule has 0 aliphatic carbocycles. The standard InChI is InChI=1S/C26H21N3O4/c1-2-33-26(32)22-21(17-10-5-3-6-11-17)23(18-12-7-4-8-13-18)28-29-24(22)27-20-15-9-14-19(16-20)25(30)31/h3-16H,2H2,1H3,(H,27,29)(H,30,31). The van der Waals surface area contributed by atoms with Crippen molar-refractivity contribution in [2.75, 3.05) is 11.9 Å². The zero-order chi connectivity index (χ0) is 23.2. The first-order valence-corrected chi connectivity index (χ1v) is 10.4. The summed E-state index contributed by atoms with van der Waals surface area (Å²) in [4.78, 5) is 24.6. The average Bonchev–Trinajstić information content (AvgIpc) is 2.85. The minimum absolute atomic E-state index is 0.106. The number of esters is 1. The Labute approximate surface area is 190 Å². The number of carboxylic acid groups (broad SMARTS) is 1. The molecule has 0 aliphatic rings. The summed E-state index contributed by atoms with van der Waals surface area (Å²) in [6.07, 6.45) is 0. The molecule has 0 spiro atoms. The van der Waals surface area contributed by atoms with Gasteiger partial charge in [0.1, 0.15) is 11.3 Å². The van der Waals surface area contributed by atoms with Gasteiger partial charge in [-0.3, -0.25) is 0 Å². The second-order valence-corrected chi connectivity index (χ2v) is 7.11. The van der Waals surface area contributed by atoms with Crippen LogP contribution in [0.4, 0.5) is 11.5 Å². The van der Waals surface area contributed by atoms with Gasteiger partial charge in [-0.2, -0.15) is 0 Å². The van der Waals surface area contributed by atoms with E-state index >= 15 is 0 Å². The number of nitrogens with one attached hydrogen (secondary N) is 1. The molecule has 3 aromatic carbocycles. The molecule has 0 fully saturated rings. The number of benzene rings is 3. The number of rotatable bonds is 7. The van der Waals surface area contributed by atoms with Crippen LogP contribution in [-0.2, 0) is 4.74 Å². The Kier molecular flexibility index (Phi) is 6.40.